The number of ether oxygens (including phenoxy) is 1. The van der Waals surface area contributed by atoms with Gasteiger partial charge in [0.25, 0.3) is 0 Å². The van der Waals surface area contributed by atoms with Gasteiger partial charge in [0, 0.05) is 12.2 Å². The van der Waals surface area contributed by atoms with E-state index in [1.165, 1.54) is 17.0 Å². The zero-order chi connectivity index (χ0) is 17.2. The van der Waals surface area contributed by atoms with E-state index >= 15 is 0 Å². The molecule has 1 atom stereocenters. The minimum absolute atomic E-state index is 0.0480. The van der Waals surface area contributed by atoms with Gasteiger partial charge >= 0.3 is 6.09 Å². The zero-order valence-corrected chi connectivity index (χ0v) is 13.4. The van der Waals surface area contributed by atoms with Crippen LogP contribution in [0.15, 0.2) is 59.5 Å². The molecule has 2 aromatic carbocycles. The molecular weight excluding hydrogens is 335 g/mol. The number of anilines is 1. The van der Waals surface area contributed by atoms with Crippen LogP contribution in [0.1, 0.15) is 0 Å². The molecule has 1 amide bonds. The fourth-order valence-electron chi connectivity index (χ4n) is 2.35. The molecule has 1 saturated heterocycles. The van der Waals surface area contributed by atoms with Crippen molar-refractivity contribution in [3.8, 4) is 0 Å². The number of nitrogens with zero attached hydrogens (tertiary/aromatic N) is 1. The summed E-state index contributed by atoms with van der Waals surface area (Å²) in [4.78, 5) is 13.3. The number of nitrogens with one attached hydrogen (secondary N) is 1. The number of para-hydroxylation sites is 1. The summed E-state index contributed by atoms with van der Waals surface area (Å²) >= 11 is 0. The maximum atomic E-state index is 12.9. The van der Waals surface area contributed by atoms with Crippen molar-refractivity contribution >= 4 is 21.8 Å². The molecule has 1 aliphatic rings. The first-order valence-electron chi connectivity index (χ1n) is 7.24. The van der Waals surface area contributed by atoms with Crippen LogP contribution in [-0.4, -0.2) is 33.7 Å². The Hall–Kier alpha value is -2.45. The van der Waals surface area contributed by atoms with Gasteiger partial charge in [0.05, 0.1) is 11.4 Å². The van der Waals surface area contributed by atoms with Gasteiger partial charge in [0.15, 0.2) is 0 Å². The van der Waals surface area contributed by atoms with Crippen LogP contribution in [0.5, 0.6) is 0 Å². The third kappa shape index (κ3) is 3.55. The number of benzene rings is 2. The zero-order valence-electron chi connectivity index (χ0n) is 12.6. The summed E-state index contributed by atoms with van der Waals surface area (Å²) in [7, 11) is -3.79. The van der Waals surface area contributed by atoms with Crippen LogP contribution in [0.3, 0.4) is 0 Å². The van der Waals surface area contributed by atoms with E-state index in [1.54, 1.807) is 24.3 Å². The molecule has 1 fully saturated rings. The highest BCUT2D eigenvalue weighted by molar-refractivity contribution is 7.89. The van der Waals surface area contributed by atoms with Gasteiger partial charge in [0.1, 0.15) is 11.9 Å². The molecule has 24 heavy (non-hydrogen) atoms. The fraction of sp³-hybridized carbons (Fsp3) is 0.188. The smallest absolute Gasteiger partial charge is 0.414 e. The Labute approximate surface area is 138 Å². The standard InChI is InChI=1S/C16H15FN2O4S/c17-12-6-8-15(9-7-12)24(21,22)18-10-14-11-19(16(20)23-14)13-4-2-1-3-5-13/h1-9,14,18H,10-11H2. The van der Waals surface area contributed by atoms with Crippen LogP contribution >= 0.6 is 0 Å². The van der Waals surface area contributed by atoms with Crippen LogP contribution in [-0.2, 0) is 14.8 Å². The number of amides is 1. The largest absolute Gasteiger partial charge is 0.443 e. The van der Waals surface area contributed by atoms with Gasteiger partial charge in [0.2, 0.25) is 10.0 Å². The molecule has 0 radical (unpaired) electrons. The molecule has 3 rings (SSSR count). The molecule has 126 valence electrons. The summed E-state index contributed by atoms with van der Waals surface area (Å²) in [6.45, 7) is 0.184. The molecule has 0 bridgehead atoms. The first-order chi connectivity index (χ1) is 11.5. The van der Waals surface area contributed by atoms with Crippen LogP contribution in [0.2, 0.25) is 0 Å². The predicted octanol–water partition coefficient (Wildman–Crippen LogP) is 2.13. The van der Waals surface area contributed by atoms with Crippen LogP contribution < -0.4 is 9.62 Å². The van der Waals surface area contributed by atoms with E-state index in [0.717, 1.165) is 12.1 Å². The van der Waals surface area contributed by atoms with Crippen molar-refractivity contribution in [1.29, 1.82) is 0 Å². The summed E-state index contributed by atoms with van der Waals surface area (Å²) < 4.78 is 44.7. The lowest BCUT2D eigenvalue weighted by Crippen LogP contribution is -2.34. The summed E-state index contributed by atoms with van der Waals surface area (Å²) in [6.07, 6.45) is -1.12. The van der Waals surface area contributed by atoms with Gasteiger partial charge in [-0.2, -0.15) is 0 Å². The second kappa shape index (κ2) is 6.58. The summed E-state index contributed by atoms with van der Waals surface area (Å²) in [5, 5.41) is 0. The van der Waals surface area contributed by atoms with Crippen molar-refractivity contribution in [3.63, 3.8) is 0 Å². The molecule has 0 spiro atoms. The van der Waals surface area contributed by atoms with Gasteiger partial charge in [-0.05, 0) is 36.4 Å². The van der Waals surface area contributed by atoms with Crippen molar-refractivity contribution in [3.05, 3.63) is 60.4 Å². The van der Waals surface area contributed by atoms with E-state index in [9.17, 15) is 17.6 Å². The molecule has 1 heterocycles. The van der Waals surface area contributed by atoms with Crippen molar-refractivity contribution in [2.45, 2.75) is 11.0 Å². The molecule has 0 aliphatic carbocycles. The van der Waals surface area contributed by atoms with Crippen LogP contribution in [0.25, 0.3) is 0 Å². The van der Waals surface area contributed by atoms with Crippen molar-refractivity contribution < 1.29 is 22.3 Å². The van der Waals surface area contributed by atoms with Gasteiger partial charge in [-0.25, -0.2) is 22.3 Å². The SMILES string of the molecule is O=C1OC(CNS(=O)(=O)c2ccc(F)cc2)CN1c1ccccc1. The Morgan fingerprint density at radius 3 is 2.46 bits per heavy atom. The van der Waals surface area contributed by atoms with Crippen LogP contribution in [0.4, 0.5) is 14.9 Å². The van der Waals surface area contributed by atoms with Gasteiger partial charge in [-0.3, -0.25) is 4.90 Å². The first-order valence-corrected chi connectivity index (χ1v) is 8.72. The monoisotopic (exact) mass is 350 g/mol. The fourth-order valence-corrected chi connectivity index (χ4v) is 3.41. The van der Waals surface area contributed by atoms with E-state index in [-0.39, 0.29) is 18.0 Å². The number of rotatable bonds is 5. The Kier molecular flexibility index (Phi) is 4.50. The Morgan fingerprint density at radius 2 is 1.79 bits per heavy atom. The molecule has 0 aromatic heterocycles. The molecule has 8 heteroatoms. The third-order valence-electron chi connectivity index (χ3n) is 3.57. The maximum absolute atomic E-state index is 12.9. The minimum atomic E-state index is -3.79. The maximum Gasteiger partial charge on any atom is 0.414 e. The second-order valence-corrected chi connectivity index (χ2v) is 7.02. The number of carbonyl (C=O) groups is 1. The van der Waals surface area contributed by atoms with Crippen molar-refractivity contribution in [1.82, 2.24) is 4.72 Å². The lowest BCUT2D eigenvalue weighted by molar-refractivity contribution is 0.143. The number of halogens is 1. The Morgan fingerprint density at radius 1 is 1.12 bits per heavy atom. The highest BCUT2D eigenvalue weighted by Crippen LogP contribution is 2.21. The quantitative estimate of drug-likeness (QED) is 0.896. The normalized spacial score (nSPS) is 17.8. The summed E-state index contributed by atoms with van der Waals surface area (Å²) in [5.41, 5.74) is 0.686. The van der Waals surface area contributed by atoms with E-state index in [1.807, 2.05) is 6.07 Å². The van der Waals surface area contributed by atoms with E-state index < -0.39 is 28.0 Å². The van der Waals surface area contributed by atoms with E-state index in [4.69, 9.17) is 4.74 Å². The number of sulfonamides is 1. The summed E-state index contributed by atoms with van der Waals surface area (Å²) in [5.74, 6) is -0.517. The highest BCUT2D eigenvalue weighted by atomic mass is 32.2. The lowest BCUT2D eigenvalue weighted by atomic mass is 10.3. The van der Waals surface area contributed by atoms with Crippen molar-refractivity contribution in [2.24, 2.45) is 0 Å². The van der Waals surface area contributed by atoms with Crippen molar-refractivity contribution in [2.75, 3.05) is 18.0 Å². The average Bonchev–Trinajstić information content (AvgIpc) is 2.95. The van der Waals surface area contributed by atoms with E-state index in [2.05, 4.69) is 4.72 Å². The second-order valence-electron chi connectivity index (χ2n) is 5.26. The summed E-state index contributed by atoms with van der Waals surface area (Å²) in [6, 6.07) is 13.5. The lowest BCUT2D eigenvalue weighted by Gasteiger charge is -2.13. The topological polar surface area (TPSA) is 75.7 Å². The third-order valence-corrected chi connectivity index (χ3v) is 5.01. The molecule has 1 aliphatic heterocycles. The number of hydrogen-bond acceptors (Lipinski definition) is 4. The predicted molar refractivity (Wildman–Crippen MR) is 85.6 cm³/mol. The molecular formula is C16H15FN2O4S. The number of hydrogen-bond donors (Lipinski definition) is 1. The minimum Gasteiger partial charge on any atom is -0.443 e. The molecule has 1 N–H and O–H groups in total. The molecule has 0 saturated carbocycles. The number of carbonyl (C=O) groups excluding carboxylic acids is 1. The highest BCUT2D eigenvalue weighted by Gasteiger charge is 2.33. The molecule has 1 unspecified atom stereocenters. The van der Waals surface area contributed by atoms with Crippen LogP contribution in [0, 0.1) is 5.82 Å². The number of cyclic esters (lactones) is 1. The van der Waals surface area contributed by atoms with Gasteiger partial charge in [-0.1, -0.05) is 18.2 Å². The molecule has 2 aromatic rings. The average molecular weight is 350 g/mol. The van der Waals surface area contributed by atoms with Gasteiger partial charge < -0.3 is 4.74 Å². The van der Waals surface area contributed by atoms with E-state index in [0.29, 0.717) is 5.69 Å². The first kappa shape index (κ1) is 16.4. The van der Waals surface area contributed by atoms with Gasteiger partial charge in [-0.15, -0.1) is 0 Å². The Balaban J connectivity index is 1.63. The molecule has 6 nitrogen and oxygen atoms in total. The Bertz CT molecular complexity index is 825.